The second-order valence-corrected chi connectivity index (χ2v) is 6.87. The number of nitrogens with one attached hydrogen (secondary N) is 1. The number of ether oxygens (including phenoxy) is 2. The number of hydrogen-bond acceptors (Lipinski definition) is 4. The van der Waals surface area contributed by atoms with E-state index in [1.54, 1.807) is 12.1 Å². The van der Waals surface area contributed by atoms with Gasteiger partial charge >= 0.3 is 0 Å². The molecule has 0 aliphatic rings. The maximum atomic E-state index is 12.3. The Hall–Kier alpha value is -1.76. The van der Waals surface area contributed by atoms with Gasteiger partial charge in [-0.2, -0.15) is 0 Å². The van der Waals surface area contributed by atoms with Gasteiger partial charge in [-0.15, -0.1) is 0 Å². The lowest BCUT2D eigenvalue weighted by Gasteiger charge is -2.09. The van der Waals surface area contributed by atoms with Crippen LogP contribution in [0.5, 0.6) is 11.5 Å². The molecule has 2 aromatic carbocycles. The predicted octanol–water partition coefficient (Wildman–Crippen LogP) is 3.23. The lowest BCUT2D eigenvalue weighted by Crippen LogP contribution is -2.23. The van der Waals surface area contributed by atoms with Crippen LogP contribution in [-0.4, -0.2) is 22.1 Å². The second-order valence-electron chi connectivity index (χ2n) is 4.70. The molecule has 0 fully saturated rings. The fraction of sp³-hybridized carbons (Fsp3) is 0.250. The Balaban J connectivity index is 2.07. The van der Waals surface area contributed by atoms with E-state index in [0.717, 1.165) is 11.3 Å². The number of methoxy groups -OCH3 is 1. The van der Waals surface area contributed by atoms with E-state index >= 15 is 0 Å². The number of halogens is 1. The molecule has 7 heteroatoms. The quantitative estimate of drug-likeness (QED) is 0.828. The van der Waals surface area contributed by atoms with Gasteiger partial charge in [0.1, 0.15) is 11.5 Å². The highest BCUT2D eigenvalue weighted by Gasteiger charge is 2.15. The van der Waals surface area contributed by atoms with Crippen LogP contribution in [0.2, 0.25) is 5.02 Å². The summed E-state index contributed by atoms with van der Waals surface area (Å²) in [7, 11) is -2.18. The third-order valence-corrected chi connectivity index (χ3v) is 4.83. The third-order valence-electron chi connectivity index (χ3n) is 3.13. The zero-order chi connectivity index (χ0) is 16.9. The molecule has 0 unspecified atom stereocenters. The lowest BCUT2D eigenvalue weighted by molar-refractivity contribution is 0.340. The third kappa shape index (κ3) is 4.60. The van der Waals surface area contributed by atoms with Crippen LogP contribution in [-0.2, 0) is 16.6 Å². The minimum atomic E-state index is -3.65. The first-order valence-electron chi connectivity index (χ1n) is 7.01. The second kappa shape index (κ2) is 7.68. The molecule has 124 valence electrons. The molecule has 0 saturated carbocycles. The van der Waals surface area contributed by atoms with E-state index in [1.807, 2.05) is 19.1 Å². The molecule has 0 heterocycles. The van der Waals surface area contributed by atoms with E-state index in [0.29, 0.717) is 12.4 Å². The topological polar surface area (TPSA) is 64.6 Å². The molecule has 2 rings (SSSR count). The summed E-state index contributed by atoms with van der Waals surface area (Å²) in [5, 5.41) is 0.247. The van der Waals surface area contributed by atoms with Crippen LogP contribution in [0, 0.1) is 0 Å². The summed E-state index contributed by atoms with van der Waals surface area (Å²) in [6, 6.07) is 11.6. The molecule has 1 N–H and O–H groups in total. The summed E-state index contributed by atoms with van der Waals surface area (Å²) >= 11 is 5.97. The van der Waals surface area contributed by atoms with Gasteiger partial charge in [0.25, 0.3) is 0 Å². The summed E-state index contributed by atoms with van der Waals surface area (Å²) in [5.41, 5.74) is 0.830. The van der Waals surface area contributed by atoms with Crippen LogP contribution < -0.4 is 14.2 Å². The van der Waals surface area contributed by atoms with Gasteiger partial charge in [0.15, 0.2) is 0 Å². The number of rotatable bonds is 7. The van der Waals surface area contributed by atoms with Crippen molar-refractivity contribution in [1.82, 2.24) is 4.72 Å². The molecule has 0 amide bonds. The first kappa shape index (κ1) is 17.6. The Kier molecular flexibility index (Phi) is 5.87. The summed E-state index contributed by atoms with van der Waals surface area (Å²) in [6.45, 7) is 2.67. The first-order valence-corrected chi connectivity index (χ1v) is 8.87. The Labute approximate surface area is 141 Å². The molecule has 5 nitrogen and oxygen atoms in total. The Morgan fingerprint density at radius 3 is 2.39 bits per heavy atom. The van der Waals surface area contributed by atoms with Gasteiger partial charge in [-0.1, -0.05) is 23.7 Å². The Morgan fingerprint density at radius 1 is 1.13 bits per heavy atom. The van der Waals surface area contributed by atoms with E-state index in [-0.39, 0.29) is 16.5 Å². The minimum absolute atomic E-state index is 0.0919. The van der Waals surface area contributed by atoms with Crippen molar-refractivity contribution in [3.05, 3.63) is 53.1 Å². The Bertz CT molecular complexity index is 760. The van der Waals surface area contributed by atoms with E-state index in [9.17, 15) is 8.42 Å². The average molecular weight is 356 g/mol. The SMILES string of the molecule is CCOc1ccc(CNS(=O)(=O)c2ccc(OC)c(Cl)c2)cc1. The van der Waals surface area contributed by atoms with Crippen molar-refractivity contribution in [2.24, 2.45) is 0 Å². The van der Waals surface area contributed by atoms with Gasteiger partial charge in [0, 0.05) is 6.54 Å². The van der Waals surface area contributed by atoms with Gasteiger partial charge in [0.05, 0.1) is 23.6 Å². The maximum absolute atomic E-state index is 12.3. The van der Waals surface area contributed by atoms with Crippen LogP contribution in [0.15, 0.2) is 47.4 Å². The van der Waals surface area contributed by atoms with Gasteiger partial charge in [-0.05, 0) is 42.8 Å². The summed E-state index contributed by atoms with van der Waals surface area (Å²) in [6.07, 6.45) is 0. The van der Waals surface area contributed by atoms with Crippen molar-refractivity contribution in [2.75, 3.05) is 13.7 Å². The average Bonchev–Trinajstić information content (AvgIpc) is 2.54. The van der Waals surface area contributed by atoms with Crippen molar-refractivity contribution in [3.8, 4) is 11.5 Å². The van der Waals surface area contributed by atoms with Crippen molar-refractivity contribution in [2.45, 2.75) is 18.4 Å². The molecule has 0 atom stereocenters. The molecule has 0 aromatic heterocycles. The molecule has 0 bridgehead atoms. The minimum Gasteiger partial charge on any atom is -0.495 e. The zero-order valence-corrected chi connectivity index (χ0v) is 14.4. The number of hydrogen-bond donors (Lipinski definition) is 1. The van der Waals surface area contributed by atoms with Gasteiger partial charge in [-0.3, -0.25) is 0 Å². The number of sulfonamides is 1. The molecule has 2 aromatic rings. The van der Waals surface area contributed by atoms with E-state index in [4.69, 9.17) is 21.1 Å². The predicted molar refractivity (Wildman–Crippen MR) is 89.6 cm³/mol. The van der Waals surface area contributed by atoms with Crippen LogP contribution in [0.4, 0.5) is 0 Å². The first-order chi connectivity index (χ1) is 11.0. The smallest absolute Gasteiger partial charge is 0.240 e. The summed E-state index contributed by atoms with van der Waals surface area (Å²) in [4.78, 5) is 0.0919. The van der Waals surface area contributed by atoms with Crippen LogP contribution in [0.25, 0.3) is 0 Å². The highest BCUT2D eigenvalue weighted by molar-refractivity contribution is 7.89. The van der Waals surface area contributed by atoms with Crippen molar-refractivity contribution in [1.29, 1.82) is 0 Å². The largest absolute Gasteiger partial charge is 0.495 e. The Morgan fingerprint density at radius 2 is 1.83 bits per heavy atom. The van der Waals surface area contributed by atoms with E-state index < -0.39 is 10.0 Å². The number of benzene rings is 2. The lowest BCUT2D eigenvalue weighted by atomic mass is 10.2. The standard InChI is InChI=1S/C16H18ClNO4S/c1-3-22-13-6-4-12(5-7-13)11-18-23(19,20)14-8-9-16(21-2)15(17)10-14/h4-10,18H,3,11H2,1-2H3. The molecule has 0 spiro atoms. The monoisotopic (exact) mass is 355 g/mol. The summed E-state index contributed by atoms with van der Waals surface area (Å²) in [5.74, 6) is 1.18. The van der Waals surface area contributed by atoms with Crippen LogP contribution >= 0.6 is 11.6 Å². The van der Waals surface area contributed by atoms with Crippen molar-refractivity contribution in [3.63, 3.8) is 0 Å². The molecular formula is C16H18ClNO4S. The fourth-order valence-corrected chi connectivity index (χ4v) is 3.31. The normalized spacial score (nSPS) is 11.3. The molecule has 0 saturated heterocycles. The molecule has 0 radical (unpaired) electrons. The van der Waals surface area contributed by atoms with Gasteiger partial charge in [0.2, 0.25) is 10.0 Å². The van der Waals surface area contributed by atoms with Crippen LogP contribution in [0.1, 0.15) is 12.5 Å². The highest BCUT2D eigenvalue weighted by atomic mass is 35.5. The fourth-order valence-electron chi connectivity index (χ4n) is 1.95. The maximum Gasteiger partial charge on any atom is 0.240 e. The van der Waals surface area contributed by atoms with Crippen molar-refractivity contribution >= 4 is 21.6 Å². The molecule has 0 aliphatic carbocycles. The van der Waals surface area contributed by atoms with Crippen LogP contribution in [0.3, 0.4) is 0 Å². The molecule has 23 heavy (non-hydrogen) atoms. The zero-order valence-electron chi connectivity index (χ0n) is 12.9. The highest BCUT2D eigenvalue weighted by Crippen LogP contribution is 2.26. The van der Waals surface area contributed by atoms with Gasteiger partial charge in [-0.25, -0.2) is 13.1 Å². The van der Waals surface area contributed by atoms with E-state index in [1.165, 1.54) is 25.3 Å². The van der Waals surface area contributed by atoms with Crippen molar-refractivity contribution < 1.29 is 17.9 Å². The molecule has 0 aliphatic heterocycles. The van der Waals surface area contributed by atoms with Gasteiger partial charge < -0.3 is 9.47 Å². The summed E-state index contributed by atoms with van der Waals surface area (Å²) < 4.78 is 37.5. The van der Waals surface area contributed by atoms with E-state index in [2.05, 4.69) is 4.72 Å². The molecular weight excluding hydrogens is 338 g/mol.